The van der Waals surface area contributed by atoms with Gasteiger partial charge in [-0.15, -0.1) is 0 Å². The fraction of sp³-hybridized carbons (Fsp3) is 0.387. The zero-order chi connectivity index (χ0) is 27.7. The zero-order valence-corrected chi connectivity index (χ0v) is 23.2. The summed E-state index contributed by atoms with van der Waals surface area (Å²) in [4.78, 5) is 43.3. The first-order chi connectivity index (χ1) is 18.7. The minimum atomic E-state index is -0.0845. The van der Waals surface area contributed by atoms with Gasteiger partial charge >= 0.3 is 0 Å². The number of nitrogens with one attached hydrogen (secondary N) is 1. The largest absolute Gasteiger partial charge is 0.347 e. The van der Waals surface area contributed by atoms with E-state index in [-0.39, 0.29) is 23.3 Å². The molecule has 0 bridgehead atoms. The van der Waals surface area contributed by atoms with Crippen molar-refractivity contribution in [2.75, 3.05) is 34.7 Å². The first kappa shape index (κ1) is 26.7. The molecule has 1 N–H and O–H groups in total. The molecule has 8 heteroatoms. The van der Waals surface area contributed by atoms with E-state index in [1.54, 1.807) is 50.1 Å². The molecule has 1 saturated carbocycles. The number of fused-ring (bicyclic) bond motifs is 2. The van der Waals surface area contributed by atoms with Crippen molar-refractivity contribution in [2.24, 2.45) is 0 Å². The van der Waals surface area contributed by atoms with Gasteiger partial charge in [0.05, 0.1) is 5.54 Å². The van der Waals surface area contributed by atoms with Crippen LogP contribution in [0.3, 0.4) is 0 Å². The Morgan fingerprint density at radius 2 is 1.33 bits per heavy atom. The Labute approximate surface area is 230 Å². The molecule has 0 saturated heterocycles. The van der Waals surface area contributed by atoms with Gasteiger partial charge < -0.3 is 19.7 Å². The highest BCUT2D eigenvalue weighted by Gasteiger charge is 2.48. The van der Waals surface area contributed by atoms with Crippen LogP contribution >= 0.6 is 0 Å². The Hall–Kier alpha value is -3.91. The van der Waals surface area contributed by atoms with Crippen molar-refractivity contribution in [3.05, 3.63) is 94.3 Å². The minimum Gasteiger partial charge on any atom is -0.347 e. The van der Waals surface area contributed by atoms with Gasteiger partial charge in [0.25, 0.3) is 17.7 Å². The molecule has 3 amide bonds. The maximum absolute atomic E-state index is 13.2. The van der Waals surface area contributed by atoms with Gasteiger partial charge in [-0.2, -0.15) is 0 Å². The highest BCUT2D eigenvalue weighted by molar-refractivity contribution is 5.94. The predicted octanol–water partition coefficient (Wildman–Crippen LogP) is 3.72. The molecule has 39 heavy (non-hydrogen) atoms. The van der Waals surface area contributed by atoms with Gasteiger partial charge in [0, 0.05) is 71.2 Å². The number of amides is 3. The van der Waals surface area contributed by atoms with Crippen molar-refractivity contribution in [3.63, 3.8) is 0 Å². The van der Waals surface area contributed by atoms with Crippen LogP contribution < -0.4 is 5.32 Å². The normalized spacial score (nSPS) is 15.8. The summed E-state index contributed by atoms with van der Waals surface area (Å²) in [7, 11) is 6.99. The maximum atomic E-state index is 13.2. The molecule has 1 aliphatic carbocycles. The van der Waals surface area contributed by atoms with E-state index in [0.29, 0.717) is 23.4 Å². The lowest BCUT2D eigenvalue weighted by molar-refractivity contribution is -0.0217. The Kier molecular flexibility index (Phi) is 7.32. The third kappa shape index (κ3) is 5.08. The van der Waals surface area contributed by atoms with Crippen molar-refractivity contribution in [2.45, 2.75) is 44.4 Å². The molecule has 0 atom stereocenters. The van der Waals surface area contributed by atoms with E-state index < -0.39 is 0 Å². The Bertz CT molecular complexity index is 1370. The third-order valence-corrected chi connectivity index (χ3v) is 8.11. The molecule has 2 heterocycles. The summed E-state index contributed by atoms with van der Waals surface area (Å²) < 4.78 is 2.20. The van der Waals surface area contributed by atoms with Crippen LogP contribution in [-0.2, 0) is 25.2 Å². The molecule has 3 aromatic rings. The number of benzene rings is 2. The quantitative estimate of drug-likeness (QED) is 0.508. The molecule has 1 spiro atoms. The first-order valence-electron chi connectivity index (χ1n) is 13.5. The third-order valence-electron chi connectivity index (χ3n) is 8.11. The molecule has 2 aliphatic rings. The van der Waals surface area contributed by atoms with E-state index in [9.17, 15) is 14.4 Å². The number of carbonyl (C=O) groups is 3. The molecule has 8 nitrogen and oxygen atoms in total. The van der Waals surface area contributed by atoms with E-state index >= 15 is 0 Å². The van der Waals surface area contributed by atoms with Crippen LogP contribution in [0.2, 0.25) is 0 Å². The second-order valence-electron chi connectivity index (χ2n) is 11.0. The highest BCUT2D eigenvalue weighted by atomic mass is 16.2. The van der Waals surface area contributed by atoms with Gasteiger partial charge in [0.15, 0.2) is 0 Å². The molecule has 5 rings (SSSR count). The molecule has 0 radical (unpaired) electrons. The molecular weight excluding hydrogens is 490 g/mol. The van der Waals surface area contributed by atoms with Crippen molar-refractivity contribution < 1.29 is 14.4 Å². The van der Waals surface area contributed by atoms with Crippen LogP contribution in [0.1, 0.15) is 67.3 Å². The molecule has 1 aliphatic heterocycles. The molecule has 1 aromatic heterocycles. The van der Waals surface area contributed by atoms with Crippen molar-refractivity contribution >= 4 is 17.7 Å². The Balaban J connectivity index is 1.26. The van der Waals surface area contributed by atoms with Crippen LogP contribution in [-0.4, -0.2) is 71.7 Å². The second kappa shape index (κ2) is 10.7. The standard InChI is InChI=1S/C31H37N5O3/c1-33(2)29(38)24-10-6-22(7-11-24)20-32-28(37)26-14-15-27-31(16-5-17-31)35(18-19-36(26)27)21-23-8-12-25(13-9-23)30(39)34(3)4/h6-15H,5,16-21H2,1-4H3,(H,32,37). The molecule has 1 fully saturated rings. The summed E-state index contributed by atoms with van der Waals surface area (Å²) in [6.07, 6.45) is 3.33. The first-order valence-corrected chi connectivity index (χ1v) is 13.5. The van der Waals surface area contributed by atoms with E-state index in [4.69, 9.17) is 0 Å². The summed E-state index contributed by atoms with van der Waals surface area (Å²) in [5.41, 5.74) is 5.33. The molecule has 2 aromatic carbocycles. The van der Waals surface area contributed by atoms with Gasteiger partial charge in [-0.05, 0) is 66.8 Å². The van der Waals surface area contributed by atoms with Gasteiger partial charge in [0.1, 0.15) is 5.69 Å². The number of carbonyl (C=O) groups excluding carboxylic acids is 3. The molecule has 204 valence electrons. The summed E-state index contributed by atoms with van der Waals surface area (Å²) >= 11 is 0. The molecule has 0 unspecified atom stereocenters. The van der Waals surface area contributed by atoms with Crippen LogP contribution in [0.4, 0.5) is 0 Å². The number of hydrogen-bond acceptors (Lipinski definition) is 4. The van der Waals surface area contributed by atoms with E-state index in [0.717, 1.165) is 38.0 Å². The SMILES string of the molecule is CN(C)C(=O)c1ccc(CNC(=O)c2ccc3n2CCN(Cc2ccc(C(=O)N(C)C)cc2)C32CCC2)cc1. The van der Waals surface area contributed by atoms with Gasteiger partial charge in [-0.1, -0.05) is 24.3 Å². The second-order valence-corrected chi connectivity index (χ2v) is 11.0. The summed E-state index contributed by atoms with van der Waals surface area (Å²) in [5.74, 6) is -0.116. The Morgan fingerprint density at radius 1 is 0.769 bits per heavy atom. The van der Waals surface area contributed by atoms with Crippen molar-refractivity contribution in [1.82, 2.24) is 24.6 Å². The maximum Gasteiger partial charge on any atom is 0.268 e. The van der Waals surface area contributed by atoms with Crippen molar-refractivity contribution in [3.8, 4) is 0 Å². The van der Waals surface area contributed by atoms with Gasteiger partial charge in [-0.3, -0.25) is 19.3 Å². The lowest BCUT2D eigenvalue weighted by Gasteiger charge is -2.53. The zero-order valence-electron chi connectivity index (χ0n) is 23.2. The fourth-order valence-corrected chi connectivity index (χ4v) is 5.75. The topological polar surface area (TPSA) is 77.9 Å². The van der Waals surface area contributed by atoms with E-state index in [1.807, 2.05) is 30.3 Å². The summed E-state index contributed by atoms with van der Waals surface area (Å²) in [6, 6.07) is 19.4. The van der Waals surface area contributed by atoms with E-state index in [2.05, 4.69) is 33.0 Å². The lowest BCUT2D eigenvalue weighted by Crippen LogP contribution is -2.56. The lowest BCUT2D eigenvalue weighted by atomic mass is 9.71. The highest BCUT2D eigenvalue weighted by Crippen LogP contribution is 2.49. The number of hydrogen-bond donors (Lipinski definition) is 1. The van der Waals surface area contributed by atoms with Crippen LogP contribution in [0.15, 0.2) is 60.7 Å². The number of aromatic nitrogens is 1. The van der Waals surface area contributed by atoms with Gasteiger partial charge in [0.2, 0.25) is 0 Å². The smallest absolute Gasteiger partial charge is 0.268 e. The van der Waals surface area contributed by atoms with E-state index in [1.165, 1.54) is 17.7 Å². The fourth-order valence-electron chi connectivity index (χ4n) is 5.75. The van der Waals surface area contributed by atoms with Crippen LogP contribution in [0, 0.1) is 0 Å². The average molecular weight is 528 g/mol. The Morgan fingerprint density at radius 3 is 1.85 bits per heavy atom. The average Bonchev–Trinajstić information content (AvgIpc) is 3.35. The monoisotopic (exact) mass is 527 g/mol. The number of nitrogens with zero attached hydrogens (tertiary/aromatic N) is 4. The summed E-state index contributed by atoms with van der Waals surface area (Å²) in [5, 5.41) is 3.06. The molecular formula is C31H37N5O3. The summed E-state index contributed by atoms with van der Waals surface area (Å²) in [6.45, 7) is 2.84. The predicted molar refractivity (Wildman–Crippen MR) is 150 cm³/mol. The minimum absolute atomic E-state index is 0.00932. The van der Waals surface area contributed by atoms with Crippen LogP contribution in [0.25, 0.3) is 0 Å². The number of rotatable bonds is 7. The van der Waals surface area contributed by atoms with Crippen molar-refractivity contribution in [1.29, 1.82) is 0 Å². The van der Waals surface area contributed by atoms with Crippen LogP contribution in [0.5, 0.6) is 0 Å². The van der Waals surface area contributed by atoms with Gasteiger partial charge in [-0.25, -0.2) is 0 Å².